The standard InChI is InChI=1S/C19H25N5O/c1-3-15-7-5-8-16(4-2)17(15)22-19(25)24-13-11-23(12-14-24)18-20-9-6-10-21-18/h5-10H,3-4,11-14H2,1-2H3,(H,22,25). The number of aromatic nitrogens is 2. The van der Waals surface area contributed by atoms with E-state index in [2.05, 4.69) is 52.2 Å². The lowest BCUT2D eigenvalue weighted by Crippen LogP contribution is -2.50. The van der Waals surface area contributed by atoms with Crippen LogP contribution in [-0.4, -0.2) is 47.1 Å². The molecule has 1 aliphatic heterocycles. The number of nitrogens with zero attached hydrogens (tertiary/aromatic N) is 4. The summed E-state index contributed by atoms with van der Waals surface area (Å²) >= 11 is 0. The van der Waals surface area contributed by atoms with E-state index in [1.165, 1.54) is 11.1 Å². The molecule has 0 spiro atoms. The molecule has 1 aromatic carbocycles. The van der Waals surface area contributed by atoms with Crippen LogP contribution in [-0.2, 0) is 12.8 Å². The summed E-state index contributed by atoms with van der Waals surface area (Å²) < 4.78 is 0. The van der Waals surface area contributed by atoms with Gasteiger partial charge >= 0.3 is 6.03 Å². The minimum atomic E-state index is -0.0239. The van der Waals surface area contributed by atoms with Gasteiger partial charge in [0.05, 0.1) is 0 Å². The monoisotopic (exact) mass is 339 g/mol. The van der Waals surface area contributed by atoms with E-state index >= 15 is 0 Å². The number of amides is 2. The zero-order valence-electron chi connectivity index (χ0n) is 14.9. The van der Waals surface area contributed by atoms with Crippen molar-refractivity contribution >= 4 is 17.7 Å². The van der Waals surface area contributed by atoms with Gasteiger partial charge in [0.15, 0.2) is 0 Å². The molecule has 1 aromatic heterocycles. The minimum absolute atomic E-state index is 0.0239. The zero-order valence-corrected chi connectivity index (χ0v) is 14.9. The molecule has 2 amide bonds. The fourth-order valence-electron chi connectivity index (χ4n) is 3.15. The van der Waals surface area contributed by atoms with Crippen molar-refractivity contribution in [1.82, 2.24) is 14.9 Å². The number of carbonyl (C=O) groups excluding carboxylic acids is 1. The number of piperazine rings is 1. The molecule has 132 valence electrons. The van der Waals surface area contributed by atoms with E-state index in [9.17, 15) is 4.79 Å². The normalized spacial score (nSPS) is 14.5. The highest BCUT2D eigenvalue weighted by Crippen LogP contribution is 2.23. The quantitative estimate of drug-likeness (QED) is 0.930. The van der Waals surface area contributed by atoms with Gasteiger partial charge in [-0.1, -0.05) is 32.0 Å². The first-order valence-electron chi connectivity index (χ1n) is 8.91. The number of nitrogens with one attached hydrogen (secondary N) is 1. The smallest absolute Gasteiger partial charge is 0.321 e. The molecule has 1 fully saturated rings. The van der Waals surface area contributed by atoms with E-state index in [0.29, 0.717) is 13.1 Å². The molecule has 6 heteroatoms. The number of carbonyl (C=O) groups is 1. The summed E-state index contributed by atoms with van der Waals surface area (Å²) in [5.41, 5.74) is 3.35. The first kappa shape index (κ1) is 17.2. The van der Waals surface area contributed by atoms with Crippen LogP contribution in [0.4, 0.5) is 16.4 Å². The molecule has 3 rings (SSSR count). The highest BCUT2D eigenvalue weighted by molar-refractivity contribution is 5.91. The molecule has 0 unspecified atom stereocenters. The Balaban J connectivity index is 1.64. The van der Waals surface area contributed by atoms with Crippen LogP contribution in [0.2, 0.25) is 0 Å². The predicted molar refractivity (Wildman–Crippen MR) is 100 cm³/mol. The van der Waals surface area contributed by atoms with Gasteiger partial charge in [-0.15, -0.1) is 0 Å². The molecule has 25 heavy (non-hydrogen) atoms. The first-order chi connectivity index (χ1) is 12.2. The topological polar surface area (TPSA) is 61.4 Å². The predicted octanol–water partition coefficient (Wildman–Crippen LogP) is 2.96. The van der Waals surface area contributed by atoms with Gasteiger partial charge in [-0.05, 0) is 30.0 Å². The number of anilines is 2. The molecule has 0 atom stereocenters. The third-order valence-corrected chi connectivity index (χ3v) is 4.63. The molecule has 2 heterocycles. The van der Waals surface area contributed by atoms with Gasteiger partial charge < -0.3 is 15.1 Å². The number of benzene rings is 1. The molecule has 0 bridgehead atoms. The van der Waals surface area contributed by atoms with Crippen molar-refractivity contribution in [2.75, 3.05) is 36.4 Å². The summed E-state index contributed by atoms with van der Waals surface area (Å²) in [6, 6.07) is 8.01. The van der Waals surface area contributed by atoms with Gasteiger partial charge in [-0.3, -0.25) is 0 Å². The number of para-hydroxylation sites is 1. The lowest BCUT2D eigenvalue weighted by Gasteiger charge is -2.34. The molecule has 1 N–H and O–H groups in total. The van der Waals surface area contributed by atoms with Crippen LogP contribution in [0.5, 0.6) is 0 Å². The van der Waals surface area contributed by atoms with Crippen molar-refractivity contribution in [3.63, 3.8) is 0 Å². The SMILES string of the molecule is CCc1cccc(CC)c1NC(=O)N1CCN(c2ncccn2)CC1. The fourth-order valence-corrected chi connectivity index (χ4v) is 3.15. The maximum Gasteiger partial charge on any atom is 0.321 e. The van der Waals surface area contributed by atoms with Gasteiger partial charge in [-0.2, -0.15) is 0 Å². The average Bonchev–Trinajstić information content (AvgIpc) is 2.69. The number of aryl methyl sites for hydroxylation is 2. The molecule has 6 nitrogen and oxygen atoms in total. The van der Waals surface area contributed by atoms with E-state index < -0.39 is 0 Å². The number of hydrogen-bond acceptors (Lipinski definition) is 4. The summed E-state index contributed by atoms with van der Waals surface area (Å²) in [4.78, 5) is 25.3. The molecule has 2 aromatic rings. The second-order valence-corrected chi connectivity index (χ2v) is 6.11. The zero-order chi connectivity index (χ0) is 17.6. The van der Waals surface area contributed by atoms with Crippen LogP contribution in [0.15, 0.2) is 36.7 Å². The Kier molecular flexibility index (Phi) is 5.48. The molecule has 1 aliphatic rings. The molecule has 1 saturated heterocycles. The number of rotatable bonds is 4. The largest absolute Gasteiger partial charge is 0.337 e. The van der Waals surface area contributed by atoms with Crippen LogP contribution >= 0.6 is 0 Å². The van der Waals surface area contributed by atoms with Gasteiger partial charge in [0.1, 0.15) is 0 Å². The van der Waals surface area contributed by atoms with E-state index in [4.69, 9.17) is 0 Å². The fraction of sp³-hybridized carbons (Fsp3) is 0.421. The lowest BCUT2D eigenvalue weighted by molar-refractivity contribution is 0.208. The van der Waals surface area contributed by atoms with Crippen molar-refractivity contribution in [2.24, 2.45) is 0 Å². The van der Waals surface area contributed by atoms with Gasteiger partial charge in [0.25, 0.3) is 0 Å². The summed E-state index contributed by atoms with van der Waals surface area (Å²) in [7, 11) is 0. The average molecular weight is 339 g/mol. The molecule has 0 saturated carbocycles. The molecular weight excluding hydrogens is 314 g/mol. The summed E-state index contributed by atoms with van der Waals surface area (Å²) in [5.74, 6) is 0.729. The van der Waals surface area contributed by atoms with E-state index in [1.54, 1.807) is 12.4 Å². The van der Waals surface area contributed by atoms with Crippen molar-refractivity contribution in [1.29, 1.82) is 0 Å². The third kappa shape index (κ3) is 3.90. The highest BCUT2D eigenvalue weighted by Gasteiger charge is 2.23. The third-order valence-electron chi connectivity index (χ3n) is 4.63. The van der Waals surface area contributed by atoms with Crippen molar-refractivity contribution < 1.29 is 4.79 Å². The van der Waals surface area contributed by atoms with Crippen LogP contribution in [0.25, 0.3) is 0 Å². The Labute approximate surface area is 148 Å². The maximum absolute atomic E-state index is 12.7. The molecule has 0 aliphatic carbocycles. The van der Waals surface area contributed by atoms with Crippen molar-refractivity contribution in [3.05, 3.63) is 47.8 Å². The molecule has 0 radical (unpaired) electrons. The van der Waals surface area contributed by atoms with Crippen LogP contribution < -0.4 is 10.2 Å². The van der Waals surface area contributed by atoms with Crippen LogP contribution in [0.1, 0.15) is 25.0 Å². The van der Waals surface area contributed by atoms with Crippen LogP contribution in [0, 0.1) is 0 Å². The second-order valence-electron chi connectivity index (χ2n) is 6.11. The summed E-state index contributed by atoms with van der Waals surface area (Å²) in [6.07, 6.45) is 5.30. The summed E-state index contributed by atoms with van der Waals surface area (Å²) in [5, 5.41) is 3.14. The Morgan fingerprint density at radius 3 is 2.16 bits per heavy atom. The first-order valence-corrected chi connectivity index (χ1v) is 8.91. The van der Waals surface area contributed by atoms with E-state index in [-0.39, 0.29) is 6.03 Å². The Morgan fingerprint density at radius 1 is 1.00 bits per heavy atom. The number of urea groups is 1. The van der Waals surface area contributed by atoms with Gasteiger partial charge in [0.2, 0.25) is 5.95 Å². The van der Waals surface area contributed by atoms with E-state index in [1.807, 2.05) is 11.0 Å². The maximum atomic E-state index is 12.7. The van der Waals surface area contributed by atoms with Gasteiger partial charge in [-0.25, -0.2) is 14.8 Å². The minimum Gasteiger partial charge on any atom is -0.337 e. The van der Waals surface area contributed by atoms with E-state index in [0.717, 1.165) is 37.6 Å². The second kappa shape index (κ2) is 7.96. The Hall–Kier alpha value is -2.63. The Bertz CT molecular complexity index is 689. The van der Waals surface area contributed by atoms with Gasteiger partial charge in [0, 0.05) is 44.3 Å². The Morgan fingerprint density at radius 2 is 1.60 bits per heavy atom. The van der Waals surface area contributed by atoms with Crippen LogP contribution in [0.3, 0.4) is 0 Å². The molecular formula is C19H25N5O. The highest BCUT2D eigenvalue weighted by atomic mass is 16.2. The number of hydrogen-bond donors (Lipinski definition) is 1. The lowest BCUT2D eigenvalue weighted by atomic mass is 10.0. The van der Waals surface area contributed by atoms with Crippen molar-refractivity contribution in [3.8, 4) is 0 Å². The van der Waals surface area contributed by atoms with Crippen molar-refractivity contribution in [2.45, 2.75) is 26.7 Å². The summed E-state index contributed by atoms with van der Waals surface area (Å²) in [6.45, 7) is 7.05.